The minimum absolute atomic E-state index is 0.127. The molecule has 0 radical (unpaired) electrons. The Morgan fingerprint density at radius 2 is 2.44 bits per heavy atom. The molecule has 94 valence electrons. The first kappa shape index (κ1) is 11.9. The van der Waals surface area contributed by atoms with Crippen LogP contribution in [0.15, 0.2) is 28.3 Å². The molecule has 0 unspecified atom stereocenters. The molecule has 0 saturated carbocycles. The summed E-state index contributed by atoms with van der Waals surface area (Å²) < 4.78 is 2.56. The van der Waals surface area contributed by atoms with Gasteiger partial charge in [0.25, 0.3) is 0 Å². The zero-order chi connectivity index (χ0) is 12.5. The van der Waals surface area contributed by atoms with Crippen LogP contribution in [0, 0.1) is 0 Å². The van der Waals surface area contributed by atoms with E-state index < -0.39 is 0 Å². The number of nitrogens with zero attached hydrogens (tertiary/aromatic N) is 3. The average molecular weight is 326 g/mol. The highest BCUT2D eigenvalue weighted by molar-refractivity contribution is 9.10. The number of carbonyl (C=O) groups excluding carboxylic acids is 1. The number of halogens is 1. The number of hydrogen-bond donors (Lipinski definition) is 0. The number of thiophene rings is 1. The molecule has 0 aromatic carbocycles. The molecule has 3 rings (SSSR count). The van der Waals surface area contributed by atoms with Gasteiger partial charge in [-0.05, 0) is 39.4 Å². The standard InChI is InChI=1S/C12H12BrN3OS/c13-10-5-14-16(7-10)8-12(17)15-3-1-11-9(6-15)2-4-18-11/h2,4-5,7H,1,3,6,8H2. The minimum Gasteiger partial charge on any atom is -0.336 e. The van der Waals surface area contributed by atoms with Gasteiger partial charge in [0.1, 0.15) is 6.54 Å². The van der Waals surface area contributed by atoms with Crippen LogP contribution in [0.5, 0.6) is 0 Å². The largest absolute Gasteiger partial charge is 0.336 e. The van der Waals surface area contributed by atoms with Crippen molar-refractivity contribution < 1.29 is 4.79 Å². The Morgan fingerprint density at radius 1 is 1.56 bits per heavy atom. The summed E-state index contributed by atoms with van der Waals surface area (Å²) in [5, 5.41) is 6.21. The highest BCUT2D eigenvalue weighted by Gasteiger charge is 2.21. The van der Waals surface area contributed by atoms with Crippen molar-refractivity contribution in [3.05, 3.63) is 38.8 Å². The van der Waals surface area contributed by atoms with Gasteiger partial charge in [0.05, 0.1) is 10.7 Å². The minimum atomic E-state index is 0.127. The van der Waals surface area contributed by atoms with Crippen LogP contribution >= 0.6 is 27.3 Å². The third-order valence-corrected chi connectivity index (χ3v) is 4.49. The van der Waals surface area contributed by atoms with Gasteiger partial charge in [-0.3, -0.25) is 9.48 Å². The van der Waals surface area contributed by atoms with E-state index in [2.05, 4.69) is 32.5 Å². The van der Waals surface area contributed by atoms with Gasteiger partial charge in [0.15, 0.2) is 0 Å². The zero-order valence-electron chi connectivity index (χ0n) is 9.67. The number of aromatic nitrogens is 2. The predicted molar refractivity (Wildman–Crippen MR) is 73.4 cm³/mol. The number of fused-ring (bicyclic) bond motifs is 1. The highest BCUT2D eigenvalue weighted by Crippen LogP contribution is 2.24. The zero-order valence-corrected chi connectivity index (χ0v) is 12.1. The molecular formula is C12H12BrN3OS. The van der Waals surface area contributed by atoms with Crippen molar-refractivity contribution >= 4 is 33.2 Å². The van der Waals surface area contributed by atoms with Crippen LogP contribution in [0.4, 0.5) is 0 Å². The Hall–Kier alpha value is -1.14. The smallest absolute Gasteiger partial charge is 0.244 e. The van der Waals surface area contributed by atoms with E-state index >= 15 is 0 Å². The van der Waals surface area contributed by atoms with Crippen molar-refractivity contribution in [3.8, 4) is 0 Å². The van der Waals surface area contributed by atoms with E-state index in [-0.39, 0.29) is 5.91 Å². The first-order valence-electron chi connectivity index (χ1n) is 5.73. The van der Waals surface area contributed by atoms with Crippen molar-refractivity contribution in [3.63, 3.8) is 0 Å². The molecule has 3 heterocycles. The van der Waals surface area contributed by atoms with Gasteiger partial charge >= 0.3 is 0 Å². The van der Waals surface area contributed by atoms with E-state index in [4.69, 9.17) is 0 Å². The van der Waals surface area contributed by atoms with Crippen LogP contribution < -0.4 is 0 Å². The molecule has 6 heteroatoms. The van der Waals surface area contributed by atoms with E-state index in [1.807, 2.05) is 11.1 Å². The van der Waals surface area contributed by atoms with E-state index in [0.717, 1.165) is 24.0 Å². The molecule has 18 heavy (non-hydrogen) atoms. The lowest BCUT2D eigenvalue weighted by Crippen LogP contribution is -2.37. The van der Waals surface area contributed by atoms with E-state index in [1.165, 1.54) is 10.4 Å². The molecule has 2 aromatic heterocycles. The normalized spacial score (nSPS) is 14.6. The summed E-state index contributed by atoms with van der Waals surface area (Å²) in [5.74, 6) is 0.127. The van der Waals surface area contributed by atoms with Gasteiger partial charge in [-0.1, -0.05) is 0 Å². The van der Waals surface area contributed by atoms with Crippen LogP contribution in [0.2, 0.25) is 0 Å². The molecule has 0 N–H and O–H groups in total. The Balaban J connectivity index is 1.67. The Bertz CT molecular complexity index is 577. The summed E-state index contributed by atoms with van der Waals surface area (Å²) in [5.41, 5.74) is 1.29. The quantitative estimate of drug-likeness (QED) is 0.849. The second kappa shape index (κ2) is 4.85. The number of amides is 1. The predicted octanol–water partition coefficient (Wildman–Crippen LogP) is 2.29. The fourth-order valence-electron chi connectivity index (χ4n) is 2.12. The second-order valence-corrected chi connectivity index (χ2v) is 6.21. The summed E-state index contributed by atoms with van der Waals surface area (Å²) in [4.78, 5) is 15.5. The van der Waals surface area contributed by atoms with E-state index in [1.54, 1.807) is 22.2 Å². The lowest BCUT2D eigenvalue weighted by Gasteiger charge is -2.27. The van der Waals surface area contributed by atoms with E-state index in [9.17, 15) is 4.79 Å². The average Bonchev–Trinajstić information content (AvgIpc) is 2.96. The van der Waals surface area contributed by atoms with Crippen molar-refractivity contribution in [1.29, 1.82) is 0 Å². The monoisotopic (exact) mass is 325 g/mol. The van der Waals surface area contributed by atoms with Crippen molar-refractivity contribution in [1.82, 2.24) is 14.7 Å². The van der Waals surface area contributed by atoms with Gasteiger partial charge in [0.2, 0.25) is 5.91 Å². The maximum absolute atomic E-state index is 12.2. The summed E-state index contributed by atoms with van der Waals surface area (Å²) in [6, 6.07) is 2.12. The molecule has 2 aromatic rings. The summed E-state index contributed by atoms with van der Waals surface area (Å²) in [7, 11) is 0. The molecule has 0 saturated heterocycles. The molecule has 1 amide bonds. The van der Waals surface area contributed by atoms with E-state index in [0.29, 0.717) is 6.54 Å². The first-order chi connectivity index (χ1) is 8.72. The molecule has 1 aliphatic heterocycles. The summed E-state index contributed by atoms with van der Waals surface area (Å²) in [6.45, 7) is 1.86. The van der Waals surface area contributed by atoms with Crippen molar-refractivity contribution in [2.75, 3.05) is 6.54 Å². The van der Waals surface area contributed by atoms with Gasteiger partial charge in [-0.15, -0.1) is 11.3 Å². The van der Waals surface area contributed by atoms with Crippen LogP contribution in [-0.4, -0.2) is 27.1 Å². The SMILES string of the molecule is O=C(Cn1cc(Br)cn1)N1CCc2sccc2C1. The number of carbonyl (C=O) groups is 1. The molecular weight excluding hydrogens is 314 g/mol. The molecule has 0 atom stereocenters. The van der Waals surface area contributed by atoms with Crippen LogP contribution in [-0.2, 0) is 24.3 Å². The fourth-order valence-corrected chi connectivity index (χ4v) is 3.34. The highest BCUT2D eigenvalue weighted by atomic mass is 79.9. The molecule has 0 bridgehead atoms. The van der Waals surface area contributed by atoms with Gasteiger partial charge < -0.3 is 4.90 Å². The molecule has 1 aliphatic rings. The van der Waals surface area contributed by atoms with Gasteiger partial charge in [-0.25, -0.2) is 0 Å². The molecule has 0 fully saturated rings. The Morgan fingerprint density at radius 3 is 3.22 bits per heavy atom. The number of hydrogen-bond acceptors (Lipinski definition) is 3. The fraction of sp³-hybridized carbons (Fsp3) is 0.333. The summed E-state index contributed by atoms with van der Waals surface area (Å²) >= 11 is 5.11. The third kappa shape index (κ3) is 2.35. The third-order valence-electron chi connectivity index (χ3n) is 3.06. The van der Waals surface area contributed by atoms with Gasteiger partial charge in [-0.2, -0.15) is 5.10 Å². The van der Waals surface area contributed by atoms with Crippen LogP contribution in [0.25, 0.3) is 0 Å². The maximum atomic E-state index is 12.2. The summed E-state index contributed by atoms with van der Waals surface area (Å²) in [6.07, 6.45) is 4.49. The first-order valence-corrected chi connectivity index (χ1v) is 7.40. The van der Waals surface area contributed by atoms with Crippen LogP contribution in [0.3, 0.4) is 0 Å². The Labute approximate surface area is 117 Å². The lowest BCUT2D eigenvalue weighted by atomic mass is 10.1. The topological polar surface area (TPSA) is 38.1 Å². The lowest BCUT2D eigenvalue weighted by molar-refractivity contribution is -0.132. The van der Waals surface area contributed by atoms with Crippen molar-refractivity contribution in [2.24, 2.45) is 0 Å². The second-order valence-electron chi connectivity index (χ2n) is 4.29. The molecule has 0 aliphatic carbocycles. The maximum Gasteiger partial charge on any atom is 0.244 e. The molecule has 4 nitrogen and oxygen atoms in total. The van der Waals surface area contributed by atoms with Crippen LogP contribution in [0.1, 0.15) is 10.4 Å². The molecule has 0 spiro atoms. The van der Waals surface area contributed by atoms with Crippen molar-refractivity contribution in [2.45, 2.75) is 19.5 Å². The number of rotatable bonds is 2. The Kier molecular flexibility index (Phi) is 3.22. The van der Waals surface area contributed by atoms with Gasteiger partial charge in [0, 0.05) is 24.2 Å².